The minimum atomic E-state index is -0.384. The van der Waals surface area contributed by atoms with Crippen molar-refractivity contribution in [1.29, 1.82) is 0 Å². The zero-order chi connectivity index (χ0) is 10.0. The Kier molecular flexibility index (Phi) is 2.96. The van der Waals surface area contributed by atoms with Gasteiger partial charge in [0.05, 0.1) is 0 Å². The van der Waals surface area contributed by atoms with Gasteiger partial charge in [0, 0.05) is 0 Å². The fraction of sp³-hybridized carbons (Fsp3) is 0.500. The predicted molar refractivity (Wildman–Crippen MR) is 59.6 cm³/mol. The van der Waals surface area contributed by atoms with Gasteiger partial charge in [-0.1, -0.05) is 0 Å². The van der Waals surface area contributed by atoms with Crippen LogP contribution in [0.5, 0.6) is 0 Å². The second-order valence-corrected chi connectivity index (χ2v) is 6.74. The average Bonchev–Trinajstić information content (AvgIpc) is 2.19. The number of hydrogen-bond acceptors (Lipinski definition) is 1. The SMILES string of the molecule is C[C@]1(O)CC[C@@H](c2ccccc2)[Se]C1. The first kappa shape index (κ1) is 10.2. The third kappa shape index (κ3) is 2.38. The van der Waals surface area contributed by atoms with Crippen LogP contribution < -0.4 is 0 Å². The third-order valence-electron chi connectivity index (χ3n) is 2.71. The summed E-state index contributed by atoms with van der Waals surface area (Å²) < 4.78 is 0. The van der Waals surface area contributed by atoms with Crippen LogP contribution in [0.1, 0.15) is 30.1 Å². The van der Waals surface area contributed by atoms with Gasteiger partial charge in [0.25, 0.3) is 0 Å². The van der Waals surface area contributed by atoms with Gasteiger partial charge in [0.15, 0.2) is 0 Å². The number of rotatable bonds is 1. The molecule has 0 bridgehead atoms. The molecule has 0 spiro atoms. The molecule has 1 aliphatic heterocycles. The van der Waals surface area contributed by atoms with E-state index < -0.39 is 0 Å². The van der Waals surface area contributed by atoms with E-state index in [9.17, 15) is 5.11 Å². The molecule has 0 amide bonds. The van der Waals surface area contributed by atoms with Gasteiger partial charge in [-0.25, -0.2) is 0 Å². The molecular formula is C12H16OSe. The summed E-state index contributed by atoms with van der Waals surface area (Å²) >= 11 is 0.559. The van der Waals surface area contributed by atoms with Gasteiger partial charge in [-0.2, -0.15) is 0 Å². The molecule has 76 valence electrons. The minimum absolute atomic E-state index is 0.384. The standard InChI is InChI=1S/C12H16OSe/c1-12(13)8-7-11(14-9-12)10-5-3-2-4-6-10/h2-6,11,13H,7-9H2,1H3/t11-,12-/m0/s1. The first-order valence-electron chi connectivity index (χ1n) is 5.06. The van der Waals surface area contributed by atoms with Crippen molar-refractivity contribution in [3.8, 4) is 0 Å². The van der Waals surface area contributed by atoms with E-state index in [1.165, 1.54) is 5.56 Å². The fourth-order valence-corrected chi connectivity index (χ4v) is 4.62. The fourth-order valence-electron chi connectivity index (χ4n) is 1.81. The van der Waals surface area contributed by atoms with E-state index in [2.05, 4.69) is 30.3 Å². The van der Waals surface area contributed by atoms with E-state index in [4.69, 9.17) is 0 Å². The monoisotopic (exact) mass is 256 g/mol. The second-order valence-electron chi connectivity index (χ2n) is 4.25. The summed E-state index contributed by atoms with van der Waals surface area (Å²) in [7, 11) is 0. The maximum absolute atomic E-state index is 9.85. The average molecular weight is 255 g/mol. The van der Waals surface area contributed by atoms with Crippen molar-refractivity contribution in [3.63, 3.8) is 0 Å². The van der Waals surface area contributed by atoms with E-state index in [1.54, 1.807) is 0 Å². The molecule has 1 fully saturated rings. The van der Waals surface area contributed by atoms with Crippen molar-refractivity contribution in [2.45, 2.75) is 35.5 Å². The van der Waals surface area contributed by atoms with E-state index in [0.717, 1.165) is 23.0 Å². The molecule has 1 aromatic carbocycles. The molecule has 1 N–H and O–H groups in total. The van der Waals surface area contributed by atoms with Gasteiger partial charge < -0.3 is 0 Å². The van der Waals surface area contributed by atoms with Crippen molar-refractivity contribution >= 4 is 15.0 Å². The molecule has 2 atom stereocenters. The van der Waals surface area contributed by atoms with Crippen molar-refractivity contribution in [1.82, 2.24) is 0 Å². The Hall–Kier alpha value is -0.301. The van der Waals surface area contributed by atoms with E-state index in [-0.39, 0.29) is 5.60 Å². The second kappa shape index (κ2) is 4.06. The molecule has 1 aromatic rings. The van der Waals surface area contributed by atoms with Gasteiger partial charge in [-0.15, -0.1) is 0 Å². The van der Waals surface area contributed by atoms with Crippen LogP contribution in [0.2, 0.25) is 5.32 Å². The van der Waals surface area contributed by atoms with Crippen LogP contribution in [0, 0.1) is 0 Å². The third-order valence-corrected chi connectivity index (χ3v) is 6.28. The van der Waals surface area contributed by atoms with Gasteiger partial charge in [-0.05, 0) is 0 Å². The summed E-state index contributed by atoms with van der Waals surface area (Å²) in [6.07, 6.45) is 2.10. The van der Waals surface area contributed by atoms with Gasteiger partial charge in [0.1, 0.15) is 0 Å². The van der Waals surface area contributed by atoms with Crippen LogP contribution in [0.4, 0.5) is 0 Å². The number of benzene rings is 1. The summed E-state index contributed by atoms with van der Waals surface area (Å²) in [5, 5.41) is 10.9. The summed E-state index contributed by atoms with van der Waals surface area (Å²) in [5.41, 5.74) is 1.08. The Labute approximate surface area is 91.7 Å². The summed E-state index contributed by atoms with van der Waals surface area (Å²) in [6.45, 7) is 1.97. The van der Waals surface area contributed by atoms with Crippen molar-refractivity contribution < 1.29 is 5.11 Å². The van der Waals surface area contributed by atoms with Crippen LogP contribution >= 0.6 is 0 Å². The zero-order valence-electron chi connectivity index (χ0n) is 8.44. The maximum atomic E-state index is 9.85. The molecule has 2 heteroatoms. The molecule has 0 aromatic heterocycles. The molecule has 1 nitrogen and oxygen atoms in total. The zero-order valence-corrected chi connectivity index (χ0v) is 10.2. The number of hydrogen-bond donors (Lipinski definition) is 1. The van der Waals surface area contributed by atoms with Crippen LogP contribution in [-0.4, -0.2) is 25.7 Å². The molecule has 1 heterocycles. The van der Waals surface area contributed by atoms with Crippen molar-refractivity contribution in [3.05, 3.63) is 35.9 Å². The van der Waals surface area contributed by atoms with E-state index in [0.29, 0.717) is 15.0 Å². The Morgan fingerprint density at radius 2 is 2.07 bits per heavy atom. The van der Waals surface area contributed by atoms with E-state index in [1.807, 2.05) is 6.92 Å². The van der Waals surface area contributed by atoms with Crippen LogP contribution in [-0.2, 0) is 0 Å². The Bertz CT molecular complexity index is 284. The predicted octanol–water partition coefficient (Wildman–Crippen LogP) is 2.40. The molecule has 14 heavy (non-hydrogen) atoms. The van der Waals surface area contributed by atoms with Crippen LogP contribution in [0.15, 0.2) is 30.3 Å². The topological polar surface area (TPSA) is 20.2 Å². The van der Waals surface area contributed by atoms with Crippen molar-refractivity contribution in [2.24, 2.45) is 0 Å². The first-order valence-corrected chi connectivity index (χ1v) is 7.26. The number of aliphatic hydroxyl groups is 1. The molecule has 2 rings (SSSR count). The van der Waals surface area contributed by atoms with Crippen LogP contribution in [0.3, 0.4) is 0 Å². The molecule has 0 saturated carbocycles. The van der Waals surface area contributed by atoms with Gasteiger partial charge in [-0.3, -0.25) is 0 Å². The summed E-state index contributed by atoms with van der Waals surface area (Å²) in [6, 6.07) is 10.7. The quantitative estimate of drug-likeness (QED) is 0.764. The molecule has 1 aliphatic rings. The van der Waals surface area contributed by atoms with Gasteiger partial charge >= 0.3 is 91.5 Å². The van der Waals surface area contributed by atoms with E-state index >= 15 is 0 Å². The summed E-state index contributed by atoms with van der Waals surface area (Å²) in [5.74, 6) is 0. The Morgan fingerprint density at radius 1 is 1.36 bits per heavy atom. The molecule has 1 saturated heterocycles. The summed E-state index contributed by atoms with van der Waals surface area (Å²) in [4.78, 5) is 0.726. The van der Waals surface area contributed by atoms with Crippen molar-refractivity contribution in [2.75, 3.05) is 0 Å². The van der Waals surface area contributed by atoms with Gasteiger partial charge in [0.2, 0.25) is 0 Å². The molecule has 0 unspecified atom stereocenters. The Balaban J connectivity index is 2.03. The molecule has 0 aliphatic carbocycles. The molecular weight excluding hydrogens is 239 g/mol. The first-order chi connectivity index (χ1) is 6.67. The Morgan fingerprint density at radius 3 is 2.64 bits per heavy atom. The molecule has 0 radical (unpaired) electrons. The normalized spacial score (nSPS) is 32.9. The van der Waals surface area contributed by atoms with Crippen LogP contribution in [0.25, 0.3) is 0 Å².